The Hall–Kier alpha value is -2.65. The smallest absolute Gasteiger partial charge is 0.257 e. The Morgan fingerprint density at radius 3 is 3.00 bits per heavy atom. The highest BCUT2D eigenvalue weighted by molar-refractivity contribution is 6.05. The number of amides is 1. The van der Waals surface area contributed by atoms with Crippen molar-refractivity contribution in [1.82, 2.24) is 9.78 Å². The minimum Gasteiger partial charge on any atom is -0.320 e. The molecule has 2 rings (SSSR count). The lowest BCUT2D eigenvalue weighted by Gasteiger charge is -2.05. The number of hydrogen-bond acceptors (Lipinski definition) is 3. The van der Waals surface area contributed by atoms with Gasteiger partial charge < -0.3 is 11.1 Å². The molecule has 1 aromatic carbocycles. The van der Waals surface area contributed by atoms with Crippen molar-refractivity contribution in [3.63, 3.8) is 0 Å². The van der Waals surface area contributed by atoms with Crippen molar-refractivity contribution in [2.75, 3.05) is 11.9 Å². The molecule has 21 heavy (non-hydrogen) atoms. The summed E-state index contributed by atoms with van der Waals surface area (Å²) >= 11 is 0. The van der Waals surface area contributed by atoms with Crippen molar-refractivity contribution in [1.29, 1.82) is 0 Å². The predicted molar refractivity (Wildman–Crippen MR) is 78.2 cm³/mol. The zero-order valence-corrected chi connectivity index (χ0v) is 11.6. The van der Waals surface area contributed by atoms with Crippen LogP contribution in [0.3, 0.4) is 0 Å². The topological polar surface area (TPSA) is 72.9 Å². The summed E-state index contributed by atoms with van der Waals surface area (Å²) in [4.78, 5) is 12.2. The number of aromatic nitrogens is 2. The molecule has 0 spiro atoms. The normalized spacial score (nSPS) is 9.86. The van der Waals surface area contributed by atoms with E-state index in [-0.39, 0.29) is 12.1 Å². The van der Waals surface area contributed by atoms with E-state index in [0.29, 0.717) is 17.8 Å². The van der Waals surface area contributed by atoms with Gasteiger partial charge >= 0.3 is 0 Å². The molecule has 0 fully saturated rings. The number of hydrogen-bond donors (Lipinski definition) is 2. The number of nitrogens with one attached hydrogen (secondary N) is 1. The molecule has 0 aliphatic carbocycles. The molecule has 0 aliphatic rings. The number of carbonyl (C=O) groups is 1. The molecule has 5 nitrogen and oxygen atoms in total. The number of benzene rings is 1. The number of nitrogens with two attached hydrogens (primary N) is 1. The van der Waals surface area contributed by atoms with Gasteiger partial charge in [0.1, 0.15) is 5.82 Å². The van der Waals surface area contributed by atoms with E-state index >= 15 is 0 Å². The van der Waals surface area contributed by atoms with Crippen molar-refractivity contribution in [2.24, 2.45) is 5.73 Å². The molecule has 108 valence electrons. The summed E-state index contributed by atoms with van der Waals surface area (Å²) < 4.78 is 15.0. The van der Waals surface area contributed by atoms with Crippen molar-refractivity contribution in [3.05, 3.63) is 47.5 Å². The van der Waals surface area contributed by atoms with Crippen molar-refractivity contribution >= 4 is 11.6 Å². The molecule has 1 amide bonds. The average Bonchev–Trinajstić information content (AvgIpc) is 2.93. The van der Waals surface area contributed by atoms with Gasteiger partial charge in [0, 0.05) is 18.3 Å². The standard InChI is InChI=1S/C15H15FN4O/c1-2-20-10-13(9-18-20)19-15(21)14-8-12(16)6-5-11(14)4-3-7-17/h5-6,8-10H,2,7,17H2,1H3,(H,19,21). The van der Waals surface area contributed by atoms with Crippen LogP contribution in [0.4, 0.5) is 10.1 Å². The lowest BCUT2D eigenvalue weighted by Crippen LogP contribution is -2.13. The van der Waals surface area contributed by atoms with E-state index in [1.54, 1.807) is 10.9 Å². The van der Waals surface area contributed by atoms with Crippen LogP contribution in [-0.2, 0) is 6.54 Å². The van der Waals surface area contributed by atoms with Crippen molar-refractivity contribution in [3.8, 4) is 11.8 Å². The molecule has 0 unspecified atom stereocenters. The van der Waals surface area contributed by atoms with Crippen LogP contribution in [0.25, 0.3) is 0 Å². The summed E-state index contributed by atoms with van der Waals surface area (Å²) in [5.74, 6) is 4.48. The van der Waals surface area contributed by atoms with Crippen LogP contribution < -0.4 is 11.1 Å². The van der Waals surface area contributed by atoms with E-state index in [0.717, 1.165) is 6.07 Å². The van der Waals surface area contributed by atoms with E-state index in [1.165, 1.54) is 18.3 Å². The maximum atomic E-state index is 13.4. The van der Waals surface area contributed by atoms with Crippen LogP contribution in [0.2, 0.25) is 0 Å². The van der Waals surface area contributed by atoms with Crippen LogP contribution in [0.1, 0.15) is 22.8 Å². The average molecular weight is 286 g/mol. The van der Waals surface area contributed by atoms with Gasteiger partial charge in [-0.3, -0.25) is 9.48 Å². The third-order valence-electron chi connectivity index (χ3n) is 2.77. The largest absolute Gasteiger partial charge is 0.320 e. The SMILES string of the molecule is CCn1cc(NC(=O)c2cc(F)ccc2C#CCN)cn1. The molecule has 0 radical (unpaired) electrons. The summed E-state index contributed by atoms with van der Waals surface area (Å²) in [7, 11) is 0. The summed E-state index contributed by atoms with van der Waals surface area (Å²) in [6, 6.07) is 3.87. The number of anilines is 1. The van der Waals surface area contributed by atoms with E-state index in [4.69, 9.17) is 5.73 Å². The molecule has 1 aromatic heterocycles. The first kappa shape index (κ1) is 14.8. The first-order valence-corrected chi connectivity index (χ1v) is 6.46. The van der Waals surface area contributed by atoms with Gasteiger partial charge in [-0.25, -0.2) is 4.39 Å². The first-order chi connectivity index (χ1) is 10.1. The highest BCUT2D eigenvalue weighted by Crippen LogP contribution is 2.14. The Morgan fingerprint density at radius 2 is 2.33 bits per heavy atom. The van der Waals surface area contributed by atoms with Crippen LogP contribution in [0.5, 0.6) is 0 Å². The molecular weight excluding hydrogens is 271 g/mol. The highest BCUT2D eigenvalue weighted by Gasteiger charge is 2.12. The van der Waals surface area contributed by atoms with Gasteiger partial charge in [0.2, 0.25) is 0 Å². The minimum atomic E-state index is -0.497. The second-order valence-corrected chi connectivity index (χ2v) is 4.23. The molecule has 6 heteroatoms. The van der Waals surface area contributed by atoms with E-state index in [9.17, 15) is 9.18 Å². The van der Waals surface area contributed by atoms with Crippen molar-refractivity contribution < 1.29 is 9.18 Å². The molecule has 2 aromatic rings. The Kier molecular flexibility index (Phi) is 4.69. The summed E-state index contributed by atoms with van der Waals surface area (Å²) in [6.07, 6.45) is 3.23. The van der Waals surface area contributed by atoms with Crippen LogP contribution >= 0.6 is 0 Å². The molecular formula is C15H15FN4O. The Balaban J connectivity index is 2.27. The lowest BCUT2D eigenvalue weighted by molar-refractivity contribution is 0.102. The zero-order chi connectivity index (χ0) is 15.2. The lowest BCUT2D eigenvalue weighted by atomic mass is 10.1. The van der Waals surface area contributed by atoms with Gasteiger partial charge in [-0.15, -0.1) is 0 Å². The second kappa shape index (κ2) is 6.68. The molecule has 0 saturated heterocycles. The number of aryl methyl sites for hydroxylation is 1. The van der Waals surface area contributed by atoms with E-state index in [2.05, 4.69) is 22.3 Å². The van der Waals surface area contributed by atoms with Gasteiger partial charge in [-0.1, -0.05) is 11.8 Å². The number of nitrogens with zero attached hydrogens (tertiary/aromatic N) is 2. The fraction of sp³-hybridized carbons (Fsp3) is 0.200. The zero-order valence-electron chi connectivity index (χ0n) is 11.6. The summed E-state index contributed by atoms with van der Waals surface area (Å²) in [5.41, 5.74) is 6.46. The first-order valence-electron chi connectivity index (χ1n) is 6.46. The third kappa shape index (κ3) is 3.68. The Labute approximate surface area is 122 Å². The van der Waals surface area contributed by atoms with Gasteiger partial charge in [0.25, 0.3) is 5.91 Å². The van der Waals surface area contributed by atoms with Gasteiger partial charge in [0.15, 0.2) is 0 Å². The van der Waals surface area contributed by atoms with Gasteiger partial charge in [0.05, 0.1) is 24.0 Å². The fourth-order valence-electron chi connectivity index (χ4n) is 1.76. The quantitative estimate of drug-likeness (QED) is 0.842. The second-order valence-electron chi connectivity index (χ2n) is 4.23. The molecule has 1 heterocycles. The summed E-state index contributed by atoms with van der Waals surface area (Å²) in [5, 5.41) is 6.72. The molecule has 0 aliphatic heterocycles. The maximum Gasteiger partial charge on any atom is 0.257 e. The van der Waals surface area contributed by atoms with Gasteiger partial charge in [-0.05, 0) is 25.1 Å². The number of rotatable bonds is 3. The molecule has 3 N–H and O–H groups in total. The van der Waals surface area contributed by atoms with E-state index < -0.39 is 11.7 Å². The monoisotopic (exact) mass is 286 g/mol. The predicted octanol–water partition coefficient (Wildman–Crippen LogP) is 1.60. The minimum absolute atomic E-state index is 0.167. The maximum absolute atomic E-state index is 13.4. The number of halogens is 1. The Bertz CT molecular complexity index is 712. The third-order valence-corrected chi connectivity index (χ3v) is 2.77. The number of carbonyl (C=O) groups excluding carboxylic acids is 1. The fourth-order valence-corrected chi connectivity index (χ4v) is 1.76. The van der Waals surface area contributed by atoms with Crippen LogP contribution in [0, 0.1) is 17.7 Å². The highest BCUT2D eigenvalue weighted by atomic mass is 19.1. The van der Waals surface area contributed by atoms with Crippen LogP contribution in [-0.4, -0.2) is 22.2 Å². The summed E-state index contributed by atoms with van der Waals surface area (Å²) in [6.45, 7) is 2.80. The van der Waals surface area contributed by atoms with Crippen LogP contribution in [0.15, 0.2) is 30.6 Å². The molecule has 0 bridgehead atoms. The van der Waals surface area contributed by atoms with Crippen molar-refractivity contribution in [2.45, 2.75) is 13.5 Å². The molecule has 0 atom stereocenters. The van der Waals surface area contributed by atoms with Gasteiger partial charge in [-0.2, -0.15) is 5.10 Å². The Morgan fingerprint density at radius 1 is 1.52 bits per heavy atom. The molecule has 0 saturated carbocycles. The van der Waals surface area contributed by atoms with E-state index in [1.807, 2.05) is 6.92 Å².